The molecule has 1 aromatic rings. The van der Waals surface area contributed by atoms with Crippen LogP contribution in [-0.2, 0) is 22.6 Å². The van der Waals surface area contributed by atoms with Crippen LogP contribution in [0.3, 0.4) is 0 Å². The van der Waals surface area contributed by atoms with Crippen LogP contribution in [0.1, 0.15) is 0 Å². The number of hydrogen-bond donors (Lipinski definition) is 0. The summed E-state index contributed by atoms with van der Waals surface area (Å²) in [4.78, 5) is 23.5. The van der Waals surface area contributed by atoms with E-state index in [-0.39, 0.29) is 24.4 Å². The zero-order valence-electron chi connectivity index (χ0n) is 10.1. The van der Waals surface area contributed by atoms with Gasteiger partial charge in [-0.3, -0.25) is 13.9 Å². The highest BCUT2D eigenvalue weighted by molar-refractivity contribution is 4.86. The molecule has 0 aliphatic rings. The van der Waals surface area contributed by atoms with Crippen LogP contribution in [0.25, 0.3) is 0 Å². The number of aromatic nitrogens is 2. The molecule has 0 atom stereocenters. The van der Waals surface area contributed by atoms with Crippen LogP contribution < -0.4 is 11.2 Å². The lowest BCUT2D eigenvalue weighted by atomic mass is 10.5. The summed E-state index contributed by atoms with van der Waals surface area (Å²) in [5, 5.41) is 0. The normalized spacial score (nSPS) is 9.78. The fraction of sp³-hybridized carbons (Fsp3) is 0.333. The Bertz CT molecular complexity index is 516. The molecule has 0 amide bonds. The van der Waals surface area contributed by atoms with Crippen molar-refractivity contribution in [1.29, 1.82) is 0 Å². The van der Waals surface area contributed by atoms with Crippen LogP contribution >= 0.6 is 0 Å². The summed E-state index contributed by atoms with van der Waals surface area (Å²) < 4.78 is 12.4. The molecule has 0 unspecified atom stereocenters. The molecule has 18 heavy (non-hydrogen) atoms. The summed E-state index contributed by atoms with van der Waals surface area (Å²) >= 11 is 0. The molecule has 0 saturated carbocycles. The molecule has 0 spiro atoms. The maximum Gasteiger partial charge on any atom is 0.331 e. The number of rotatable bonds is 8. The maximum absolute atomic E-state index is 11.9. The molecule has 1 rings (SSSR count). The molecule has 0 radical (unpaired) electrons. The number of hydrogen-bond acceptors (Lipinski definition) is 4. The van der Waals surface area contributed by atoms with Crippen LogP contribution in [0.2, 0.25) is 0 Å². The lowest BCUT2D eigenvalue weighted by Gasteiger charge is -2.09. The number of nitrogens with zero attached hydrogens (tertiary/aromatic N) is 2. The monoisotopic (exact) mass is 252 g/mol. The van der Waals surface area contributed by atoms with Gasteiger partial charge in [0.25, 0.3) is 5.56 Å². The topological polar surface area (TPSA) is 62.5 Å². The van der Waals surface area contributed by atoms with E-state index in [1.165, 1.54) is 29.4 Å². The zero-order chi connectivity index (χ0) is 13.4. The Labute approximate surface area is 104 Å². The van der Waals surface area contributed by atoms with Crippen molar-refractivity contribution in [3.63, 3.8) is 0 Å². The summed E-state index contributed by atoms with van der Waals surface area (Å²) in [5.41, 5.74) is -0.739. The van der Waals surface area contributed by atoms with E-state index in [0.717, 1.165) is 4.57 Å². The highest BCUT2D eigenvalue weighted by Gasteiger charge is 2.04. The lowest BCUT2D eigenvalue weighted by Crippen LogP contribution is -2.40. The van der Waals surface area contributed by atoms with Crippen molar-refractivity contribution in [3.05, 3.63) is 58.8 Å². The minimum absolute atomic E-state index is 0.187. The van der Waals surface area contributed by atoms with E-state index >= 15 is 0 Å². The average Bonchev–Trinajstić information content (AvgIpc) is 2.36. The second kappa shape index (κ2) is 7.16. The fourth-order valence-corrected chi connectivity index (χ4v) is 1.39. The second-order valence-electron chi connectivity index (χ2n) is 3.36. The fourth-order valence-electron chi connectivity index (χ4n) is 1.39. The first-order valence-corrected chi connectivity index (χ1v) is 5.46. The largest absolute Gasteiger partial charge is 0.500 e. The SMILES string of the molecule is C=COCCn1ccc(=O)n(CCOC=C)c1=O. The van der Waals surface area contributed by atoms with Crippen molar-refractivity contribution in [2.75, 3.05) is 13.2 Å². The Morgan fingerprint density at radius 3 is 2.33 bits per heavy atom. The van der Waals surface area contributed by atoms with Gasteiger partial charge in [-0.15, -0.1) is 0 Å². The predicted octanol–water partition coefficient (Wildman–Crippen LogP) is 0.330. The third-order valence-electron chi connectivity index (χ3n) is 2.26. The molecule has 98 valence electrons. The molecule has 0 aliphatic heterocycles. The summed E-state index contributed by atoms with van der Waals surface area (Å²) in [6.45, 7) is 7.88. The Kier molecular flexibility index (Phi) is 5.50. The van der Waals surface area contributed by atoms with E-state index in [4.69, 9.17) is 9.47 Å². The Morgan fingerprint density at radius 2 is 1.72 bits per heavy atom. The van der Waals surface area contributed by atoms with Gasteiger partial charge >= 0.3 is 5.69 Å². The van der Waals surface area contributed by atoms with Crippen LogP contribution in [0.5, 0.6) is 0 Å². The van der Waals surface area contributed by atoms with Gasteiger partial charge in [0.05, 0.1) is 25.6 Å². The van der Waals surface area contributed by atoms with Crippen LogP contribution in [0.15, 0.2) is 47.5 Å². The quantitative estimate of drug-likeness (QED) is 0.494. The molecule has 0 fully saturated rings. The van der Waals surface area contributed by atoms with Gasteiger partial charge in [-0.2, -0.15) is 0 Å². The maximum atomic E-state index is 11.9. The highest BCUT2D eigenvalue weighted by Crippen LogP contribution is 1.84. The van der Waals surface area contributed by atoms with Gasteiger partial charge in [0, 0.05) is 12.3 Å². The van der Waals surface area contributed by atoms with E-state index in [0.29, 0.717) is 13.2 Å². The number of ether oxygens (including phenoxy) is 2. The van der Waals surface area contributed by atoms with Crippen LogP contribution in [-0.4, -0.2) is 22.3 Å². The standard InChI is InChI=1S/C12H16N2O4/c1-3-17-9-7-13-6-5-11(15)14(12(13)16)8-10-18-4-2/h3-6H,1-2,7-10H2. The van der Waals surface area contributed by atoms with E-state index in [2.05, 4.69) is 13.2 Å². The van der Waals surface area contributed by atoms with Gasteiger partial charge in [0.2, 0.25) is 0 Å². The first kappa shape index (κ1) is 13.8. The van der Waals surface area contributed by atoms with Crippen molar-refractivity contribution >= 4 is 0 Å². The molecule has 0 aliphatic carbocycles. The molecule has 0 bridgehead atoms. The van der Waals surface area contributed by atoms with Gasteiger partial charge in [-0.25, -0.2) is 4.79 Å². The van der Waals surface area contributed by atoms with E-state index in [1.54, 1.807) is 0 Å². The first-order valence-electron chi connectivity index (χ1n) is 5.46. The molecule has 0 N–H and O–H groups in total. The van der Waals surface area contributed by atoms with E-state index in [9.17, 15) is 9.59 Å². The second-order valence-corrected chi connectivity index (χ2v) is 3.36. The summed E-state index contributed by atoms with van der Waals surface area (Å²) in [6.07, 6.45) is 4.02. The lowest BCUT2D eigenvalue weighted by molar-refractivity contribution is 0.224. The van der Waals surface area contributed by atoms with Crippen molar-refractivity contribution in [2.45, 2.75) is 13.1 Å². The molecule has 0 aromatic carbocycles. The third-order valence-corrected chi connectivity index (χ3v) is 2.26. The van der Waals surface area contributed by atoms with Crippen molar-refractivity contribution in [3.8, 4) is 0 Å². The smallest absolute Gasteiger partial charge is 0.331 e. The van der Waals surface area contributed by atoms with Gasteiger partial charge in [0.1, 0.15) is 13.2 Å². The Morgan fingerprint density at radius 1 is 1.11 bits per heavy atom. The molecular formula is C12H16N2O4. The third kappa shape index (κ3) is 3.65. The molecular weight excluding hydrogens is 236 g/mol. The van der Waals surface area contributed by atoms with Gasteiger partial charge < -0.3 is 9.47 Å². The molecule has 6 heteroatoms. The predicted molar refractivity (Wildman–Crippen MR) is 67.3 cm³/mol. The van der Waals surface area contributed by atoms with Gasteiger partial charge in [-0.05, 0) is 0 Å². The van der Waals surface area contributed by atoms with E-state index in [1.807, 2.05) is 0 Å². The average molecular weight is 252 g/mol. The zero-order valence-corrected chi connectivity index (χ0v) is 10.1. The minimum atomic E-state index is -0.386. The van der Waals surface area contributed by atoms with Crippen LogP contribution in [0, 0.1) is 0 Å². The van der Waals surface area contributed by atoms with Crippen molar-refractivity contribution in [1.82, 2.24) is 9.13 Å². The highest BCUT2D eigenvalue weighted by atomic mass is 16.5. The van der Waals surface area contributed by atoms with Crippen molar-refractivity contribution in [2.24, 2.45) is 0 Å². The Balaban J connectivity index is 2.85. The minimum Gasteiger partial charge on any atom is -0.500 e. The molecule has 0 saturated heterocycles. The summed E-state index contributed by atoms with van der Waals surface area (Å²) in [5.74, 6) is 0. The Hall–Kier alpha value is -2.24. The van der Waals surface area contributed by atoms with Gasteiger partial charge in [-0.1, -0.05) is 13.2 Å². The molecule has 1 heterocycles. The summed E-state index contributed by atoms with van der Waals surface area (Å²) in [7, 11) is 0. The van der Waals surface area contributed by atoms with Crippen molar-refractivity contribution < 1.29 is 9.47 Å². The first-order chi connectivity index (χ1) is 8.70. The van der Waals surface area contributed by atoms with Crippen LogP contribution in [0.4, 0.5) is 0 Å². The molecule has 1 aromatic heterocycles. The molecule has 6 nitrogen and oxygen atoms in total. The van der Waals surface area contributed by atoms with Gasteiger partial charge in [0.15, 0.2) is 0 Å². The summed E-state index contributed by atoms with van der Waals surface area (Å²) in [6, 6.07) is 1.34. The van der Waals surface area contributed by atoms with E-state index < -0.39 is 0 Å².